The molecule has 2 aromatic rings. The number of ether oxygens (including phenoxy) is 4. The Morgan fingerprint density at radius 3 is 2.10 bits per heavy atom. The first-order valence-electron chi connectivity index (χ1n) is 6.13. The molecule has 0 radical (unpaired) electrons. The van der Waals surface area contributed by atoms with Crippen LogP contribution in [-0.2, 0) is 0 Å². The number of H-pyrrole nitrogens is 1. The van der Waals surface area contributed by atoms with Gasteiger partial charge < -0.3 is 23.9 Å². The van der Waals surface area contributed by atoms with E-state index in [-0.39, 0.29) is 11.4 Å². The first-order valence-corrected chi connectivity index (χ1v) is 6.13. The van der Waals surface area contributed by atoms with E-state index in [1.165, 1.54) is 27.4 Å². The van der Waals surface area contributed by atoms with Crippen molar-refractivity contribution in [3.8, 4) is 28.9 Å². The molecule has 0 fully saturated rings. The van der Waals surface area contributed by atoms with E-state index in [0.29, 0.717) is 28.8 Å². The molecule has 2 rings (SSSR count). The van der Waals surface area contributed by atoms with Crippen LogP contribution in [0.3, 0.4) is 0 Å². The van der Waals surface area contributed by atoms with E-state index in [1.807, 2.05) is 0 Å². The van der Waals surface area contributed by atoms with Gasteiger partial charge in [-0.1, -0.05) is 0 Å². The monoisotopic (exact) mass is 292 g/mol. The summed E-state index contributed by atoms with van der Waals surface area (Å²) >= 11 is 0. The second-order valence-electron chi connectivity index (χ2n) is 4.13. The zero-order valence-corrected chi connectivity index (χ0v) is 12.2. The SMILES string of the molecule is COc1cc(Oc2cc(=O)[nH]c(C)n2)cc(OC)c1OC. The third-order valence-electron chi connectivity index (χ3n) is 2.70. The molecular formula is C14H16N2O5. The van der Waals surface area contributed by atoms with E-state index in [2.05, 4.69) is 9.97 Å². The van der Waals surface area contributed by atoms with Crippen molar-refractivity contribution in [2.45, 2.75) is 6.92 Å². The minimum absolute atomic E-state index is 0.186. The average molecular weight is 292 g/mol. The molecule has 1 aromatic carbocycles. The van der Waals surface area contributed by atoms with Gasteiger partial charge in [-0.2, -0.15) is 0 Å². The summed E-state index contributed by atoms with van der Waals surface area (Å²) < 4.78 is 21.3. The van der Waals surface area contributed by atoms with Gasteiger partial charge >= 0.3 is 0 Å². The van der Waals surface area contributed by atoms with Crippen LogP contribution in [0.15, 0.2) is 23.0 Å². The van der Waals surface area contributed by atoms with Gasteiger partial charge in [-0.05, 0) is 6.92 Å². The molecule has 0 spiro atoms. The number of nitrogens with one attached hydrogen (secondary N) is 1. The van der Waals surface area contributed by atoms with Crippen LogP contribution in [0, 0.1) is 6.92 Å². The number of hydrogen-bond acceptors (Lipinski definition) is 6. The lowest BCUT2D eigenvalue weighted by Crippen LogP contribution is -2.08. The maximum atomic E-state index is 11.4. The van der Waals surface area contributed by atoms with Crippen LogP contribution in [0.5, 0.6) is 28.9 Å². The molecule has 7 nitrogen and oxygen atoms in total. The van der Waals surface area contributed by atoms with Gasteiger partial charge in [-0.3, -0.25) is 4.79 Å². The quantitative estimate of drug-likeness (QED) is 0.906. The number of hydrogen-bond donors (Lipinski definition) is 1. The van der Waals surface area contributed by atoms with Gasteiger partial charge in [0.2, 0.25) is 11.6 Å². The van der Waals surface area contributed by atoms with Gasteiger partial charge in [0.05, 0.1) is 27.4 Å². The largest absolute Gasteiger partial charge is 0.493 e. The van der Waals surface area contributed by atoms with Gasteiger partial charge in [0, 0.05) is 12.1 Å². The van der Waals surface area contributed by atoms with E-state index in [1.54, 1.807) is 19.1 Å². The minimum atomic E-state index is -0.287. The Labute approximate surface area is 121 Å². The average Bonchev–Trinajstić information content (AvgIpc) is 2.45. The van der Waals surface area contributed by atoms with E-state index >= 15 is 0 Å². The van der Waals surface area contributed by atoms with Crippen molar-refractivity contribution < 1.29 is 18.9 Å². The van der Waals surface area contributed by atoms with Crippen molar-refractivity contribution in [2.24, 2.45) is 0 Å². The van der Waals surface area contributed by atoms with Gasteiger partial charge in [-0.15, -0.1) is 0 Å². The van der Waals surface area contributed by atoms with Crippen molar-refractivity contribution in [2.75, 3.05) is 21.3 Å². The summed E-state index contributed by atoms with van der Waals surface area (Å²) in [5, 5.41) is 0. The summed E-state index contributed by atoms with van der Waals surface area (Å²) in [7, 11) is 4.54. The minimum Gasteiger partial charge on any atom is -0.493 e. The summed E-state index contributed by atoms with van der Waals surface area (Å²) in [5.74, 6) is 2.43. The molecular weight excluding hydrogens is 276 g/mol. The highest BCUT2D eigenvalue weighted by Crippen LogP contribution is 2.41. The Kier molecular flexibility index (Phi) is 4.32. The van der Waals surface area contributed by atoms with Crippen LogP contribution in [0.1, 0.15) is 5.82 Å². The predicted molar refractivity (Wildman–Crippen MR) is 75.8 cm³/mol. The third-order valence-corrected chi connectivity index (χ3v) is 2.70. The Morgan fingerprint density at radius 1 is 1.00 bits per heavy atom. The molecule has 112 valence electrons. The Hall–Kier alpha value is -2.70. The van der Waals surface area contributed by atoms with E-state index in [0.717, 1.165) is 0 Å². The maximum absolute atomic E-state index is 11.4. The van der Waals surface area contributed by atoms with Crippen LogP contribution >= 0.6 is 0 Å². The van der Waals surface area contributed by atoms with E-state index in [9.17, 15) is 4.79 Å². The summed E-state index contributed by atoms with van der Waals surface area (Å²) in [4.78, 5) is 18.0. The fourth-order valence-electron chi connectivity index (χ4n) is 1.84. The number of rotatable bonds is 5. The Balaban J connectivity index is 2.42. The summed E-state index contributed by atoms with van der Waals surface area (Å²) in [6, 6.07) is 4.51. The summed E-state index contributed by atoms with van der Waals surface area (Å²) in [6.07, 6.45) is 0. The van der Waals surface area contributed by atoms with E-state index < -0.39 is 0 Å². The number of nitrogens with zero attached hydrogens (tertiary/aromatic N) is 1. The zero-order chi connectivity index (χ0) is 15.4. The number of aromatic nitrogens is 2. The molecule has 0 saturated carbocycles. The van der Waals surface area contributed by atoms with Crippen LogP contribution in [0.2, 0.25) is 0 Å². The molecule has 7 heteroatoms. The molecule has 1 N–H and O–H groups in total. The lowest BCUT2D eigenvalue weighted by atomic mass is 10.2. The fraction of sp³-hybridized carbons (Fsp3) is 0.286. The van der Waals surface area contributed by atoms with Crippen molar-refractivity contribution in [1.29, 1.82) is 0 Å². The molecule has 0 saturated heterocycles. The maximum Gasteiger partial charge on any atom is 0.254 e. The molecule has 0 unspecified atom stereocenters. The Bertz CT molecular complexity index is 671. The van der Waals surface area contributed by atoms with Crippen molar-refractivity contribution in [3.63, 3.8) is 0 Å². The van der Waals surface area contributed by atoms with Gasteiger partial charge in [0.25, 0.3) is 5.56 Å². The highest BCUT2D eigenvalue weighted by atomic mass is 16.5. The van der Waals surface area contributed by atoms with Crippen molar-refractivity contribution in [1.82, 2.24) is 9.97 Å². The lowest BCUT2D eigenvalue weighted by Gasteiger charge is -2.14. The highest BCUT2D eigenvalue weighted by Gasteiger charge is 2.14. The van der Waals surface area contributed by atoms with Crippen LogP contribution < -0.4 is 24.5 Å². The first kappa shape index (κ1) is 14.7. The molecule has 0 atom stereocenters. The van der Waals surface area contributed by atoms with Crippen LogP contribution in [-0.4, -0.2) is 31.3 Å². The second kappa shape index (κ2) is 6.17. The van der Waals surface area contributed by atoms with E-state index in [4.69, 9.17) is 18.9 Å². The lowest BCUT2D eigenvalue weighted by molar-refractivity contribution is 0.320. The molecule has 1 heterocycles. The molecule has 0 aliphatic carbocycles. The second-order valence-corrected chi connectivity index (χ2v) is 4.13. The third kappa shape index (κ3) is 3.25. The number of aryl methyl sites for hydroxylation is 1. The number of benzene rings is 1. The van der Waals surface area contributed by atoms with Gasteiger partial charge in [-0.25, -0.2) is 4.98 Å². The van der Waals surface area contributed by atoms with Gasteiger partial charge in [0.1, 0.15) is 11.6 Å². The van der Waals surface area contributed by atoms with Crippen LogP contribution in [0.25, 0.3) is 0 Å². The molecule has 0 bridgehead atoms. The normalized spacial score (nSPS) is 10.1. The topological polar surface area (TPSA) is 82.7 Å². The standard InChI is InChI=1S/C14H16N2O5/c1-8-15-12(17)7-13(16-8)21-9-5-10(18-2)14(20-4)11(6-9)19-3/h5-7H,1-4H3,(H,15,16,17). The van der Waals surface area contributed by atoms with Crippen molar-refractivity contribution >= 4 is 0 Å². The molecule has 0 aliphatic heterocycles. The Morgan fingerprint density at radius 2 is 1.62 bits per heavy atom. The van der Waals surface area contributed by atoms with Gasteiger partial charge in [0.15, 0.2) is 11.5 Å². The highest BCUT2D eigenvalue weighted by molar-refractivity contribution is 5.56. The molecule has 0 amide bonds. The summed E-state index contributed by atoms with van der Waals surface area (Å²) in [5.41, 5.74) is -0.287. The first-order chi connectivity index (χ1) is 10.1. The van der Waals surface area contributed by atoms with Crippen LogP contribution in [0.4, 0.5) is 0 Å². The molecule has 1 aromatic heterocycles. The number of methoxy groups -OCH3 is 3. The summed E-state index contributed by atoms with van der Waals surface area (Å²) in [6.45, 7) is 1.67. The molecule has 0 aliphatic rings. The van der Waals surface area contributed by atoms with Crippen molar-refractivity contribution in [3.05, 3.63) is 34.4 Å². The smallest absolute Gasteiger partial charge is 0.254 e. The predicted octanol–water partition coefficient (Wildman–Crippen LogP) is 1.90. The fourth-order valence-corrected chi connectivity index (χ4v) is 1.84. The number of aromatic amines is 1. The molecule has 21 heavy (non-hydrogen) atoms. The zero-order valence-electron chi connectivity index (χ0n) is 12.2.